The molecule has 0 radical (unpaired) electrons. The van der Waals surface area contributed by atoms with E-state index in [-0.39, 0.29) is 5.60 Å². The topological polar surface area (TPSA) is 29.5 Å². The van der Waals surface area contributed by atoms with Gasteiger partial charge >= 0.3 is 0 Å². The summed E-state index contributed by atoms with van der Waals surface area (Å²) in [5.41, 5.74) is 1.34. The van der Waals surface area contributed by atoms with Crippen molar-refractivity contribution in [2.24, 2.45) is 11.3 Å². The first-order chi connectivity index (χ1) is 9.32. The molecule has 1 spiro atoms. The number of rotatable bonds is 0. The van der Waals surface area contributed by atoms with Gasteiger partial charge in [0.1, 0.15) is 11.7 Å². The molecule has 112 valence electrons. The van der Waals surface area contributed by atoms with Gasteiger partial charge in [0.2, 0.25) is 0 Å². The first kappa shape index (κ1) is 15.0. The van der Waals surface area contributed by atoms with E-state index in [0.29, 0.717) is 12.0 Å². The normalized spacial score (nSPS) is 34.2. The fourth-order valence-electron chi connectivity index (χ4n) is 3.69. The first-order valence-electron chi connectivity index (χ1n) is 7.43. The van der Waals surface area contributed by atoms with E-state index < -0.39 is 6.10 Å². The Labute approximate surface area is 133 Å². The quantitative estimate of drug-likeness (QED) is 0.706. The number of hydrogen-bond acceptors (Lipinski definition) is 3. The van der Waals surface area contributed by atoms with Crippen molar-refractivity contribution < 1.29 is 9.84 Å². The fourth-order valence-corrected chi connectivity index (χ4v) is 5.57. The van der Waals surface area contributed by atoms with E-state index in [1.165, 1.54) is 17.7 Å². The van der Waals surface area contributed by atoms with Crippen LogP contribution in [0.2, 0.25) is 0 Å². The largest absolute Gasteiger partial charge is 0.386 e. The summed E-state index contributed by atoms with van der Waals surface area (Å²) in [5.74, 6) is 0.774. The monoisotopic (exact) mass is 358 g/mol. The Kier molecular flexibility index (Phi) is 3.81. The number of aliphatic hydroxyl groups excluding tert-OH is 1. The zero-order valence-corrected chi connectivity index (χ0v) is 14.8. The lowest BCUT2D eigenvalue weighted by atomic mass is 9.67. The highest BCUT2D eigenvalue weighted by Gasteiger charge is 2.46. The molecular formula is C16H23BrO2S. The van der Waals surface area contributed by atoms with Crippen LogP contribution in [-0.2, 0) is 10.3 Å². The first-order valence-corrected chi connectivity index (χ1v) is 9.04. The number of ether oxygens (including phenoxy) is 1. The molecule has 0 bridgehead atoms. The minimum atomic E-state index is -0.460. The molecule has 20 heavy (non-hydrogen) atoms. The molecule has 0 aromatic carbocycles. The van der Waals surface area contributed by atoms with Crippen molar-refractivity contribution in [3.63, 3.8) is 0 Å². The standard InChI is InChI=1S/C16H23BrO2S/c1-15(2,3)10-4-6-16(7-5-10)14-11(8-13(17)20-14)12(18)9-19-16/h8,10,12,18H,4-7,9H2,1-3H3. The molecule has 1 aromatic heterocycles. The lowest BCUT2D eigenvalue weighted by Crippen LogP contribution is -2.41. The van der Waals surface area contributed by atoms with Crippen LogP contribution in [0.15, 0.2) is 9.85 Å². The lowest BCUT2D eigenvalue weighted by molar-refractivity contribution is -0.129. The lowest BCUT2D eigenvalue weighted by Gasteiger charge is -2.46. The van der Waals surface area contributed by atoms with Crippen LogP contribution in [-0.4, -0.2) is 11.7 Å². The highest BCUT2D eigenvalue weighted by molar-refractivity contribution is 9.11. The third kappa shape index (κ3) is 2.49. The second kappa shape index (κ2) is 5.08. The second-order valence-electron chi connectivity index (χ2n) is 7.30. The SMILES string of the molecule is CC(C)(C)C1CCC2(CC1)OCC(O)c1cc(Br)sc12. The highest BCUT2D eigenvalue weighted by atomic mass is 79.9. The van der Waals surface area contributed by atoms with E-state index in [1.807, 2.05) is 0 Å². The van der Waals surface area contributed by atoms with E-state index in [9.17, 15) is 5.11 Å². The van der Waals surface area contributed by atoms with Gasteiger partial charge in [0.25, 0.3) is 0 Å². The number of halogens is 1. The highest BCUT2D eigenvalue weighted by Crippen LogP contribution is 2.53. The Morgan fingerprint density at radius 1 is 1.35 bits per heavy atom. The van der Waals surface area contributed by atoms with Crippen molar-refractivity contribution in [2.45, 2.75) is 58.2 Å². The van der Waals surface area contributed by atoms with Gasteiger partial charge < -0.3 is 9.84 Å². The van der Waals surface area contributed by atoms with Crippen molar-refractivity contribution in [3.05, 3.63) is 20.3 Å². The van der Waals surface area contributed by atoms with Crippen LogP contribution < -0.4 is 0 Å². The predicted octanol–water partition coefficient (Wildman–Crippen LogP) is 5.01. The van der Waals surface area contributed by atoms with Gasteiger partial charge in [-0.2, -0.15) is 0 Å². The Hall–Kier alpha value is 0.1000. The molecule has 1 aliphatic heterocycles. The van der Waals surface area contributed by atoms with Gasteiger partial charge in [-0.25, -0.2) is 0 Å². The van der Waals surface area contributed by atoms with Crippen LogP contribution >= 0.6 is 27.3 Å². The van der Waals surface area contributed by atoms with Gasteiger partial charge in [-0.1, -0.05) is 20.8 Å². The van der Waals surface area contributed by atoms with Crippen molar-refractivity contribution in [1.82, 2.24) is 0 Å². The summed E-state index contributed by atoms with van der Waals surface area (Å²) in [6, 6.07) is 2.07. The van der Waals surface area contributed by atoms with Crippen molar-refractivity contribution >= 4 is 27.3 Å². The molecule has 2 heterocycles. The molecular weight excluding hydrogens is 336 g/mol. The number of fused-ring (bicyclic) bond motifs is 2. The third-order valence-corrected chi connectivity index (χ3v) is 6.88. The van der Waals surface area contributed by atoms with Gasteiger partial charge in [0.15, 0.2) is 0 Å². The Morgan fingerprint density at radius 2 is 2.00 bits per heavy atom. The fraction of sp³-hybridized carbons (Fsp3) is 0.750. The molecule has 1 aromatic rings. The van der Waals surface area contributed by atoms with Crippen LogP contribution in [0.4, 0.5) is 0 Å². The molecule has 1 saturated carbocycles. The van der Waals surface area contributed by atoms with E-state index in [0.717, 1.165) is 28.1 Å². The summed E-state index contributed by atoms with van der Waals surface area (Å²) in [5, 5.41) is 10.1. The van der Waals surface area contributed by atoms with Gasteiger partial charge in [-0.15, -0.1) is 11.3 Å². The summed E-state index contributed by atoms with van der Waals surface area (Å²) in [7, 11) is 0. The average molecular weight is 359 g/mol. The van der Waals surface area contributed by atoms with E-state index in [2.05, 4.69) is 42.8 Å². The minimum Gasteiger partial charge on any atom is -0.386 e. The summed E-state index contributed by atoms with van der Waals surface area (Å²) in [4.78, 5) is 1.26. The Morgan fingerprint density at radius 3 is 2.60 bits per heavy atom. The summed E-state index contributed by atoms with van der Waals surface area (Å²) >= 11 is 5.31. The summed E-state index contributed by atoms with van der Waals surface area (Å²) in [6.45, 7) is 7.47. The zero-order chi connectivity index (χ0) is 14.5. The maximum atomic E-state index is 10.1. The summed E-state index contributed by atoms with van der Waals surface area (Å²) in [6.07, 6.45) is 4.14. The molecule has 4 heteroatoms. The Bertz CT molecular complexity index is 495. The third-order valence-electron chi connectivity index (χ3n) is 5.04. The van der Waals surface area contributed by atoms with Crippen LogP contribution in [0.5, 0.6) is 0 Å². The van der Waals surface area contributed by atoms with Crippen LogP contribution in [0, 0.1) is 11.3 Å². The van der Waals surface area contributed by atoms with Crippen LogP contribution in [0.25, 0.3) is 0 Å². The number of thiophene rings is 1. The molecule has 2 aliphatic rings. The predicted molar refractivity (Wildman–Crippen MR) is 86.0 cm³/mol. The number of aliphatic hydroxyl groups is 1. The van der Waals surface area contributed by atoms with E-state index >= 15 is 0 Å². The molecule has 1 aliphatic carbocycles. The molecule has 0 saturated heterocycles. The molecule has 1 N–H and O–H groups in total. The van der Waals surface area contributed by atoms with Crippen LogP contribution in [0.1, 0.15) is 63.0 Å². The zero-order valence-electron chi connectivity index (χ0n) is 12.4. The van der Waals surface area contributed by atoms with E-state index in [4.69, 9.17) is 4.74 Å². The van der Waals surface area contributed by atoms with Gasteiger partial charge in [-0.05, 0) is 59.0 Å². The minimum absolute atomic E-state index is 0.132. The Balaban J connectivity index is 1.87. The molecule has 0 amide bonds. The van der Waals surface area contributed by atoms with Crippen molar-refractivity contribution in [1.29, 1.82) is 0 Å². The molecule has 1 fully saturated rings. The average Bonchev–Trinajstić information content (AvgIpc) is 2.77. The molecule has 1 unspecified atom stereocenters. The van der Waals surface area contributed by atoms with Gasteiger partial charge in [0, 0.05) is 10.4 Å². The van der Waals surface area contributed by atoms with Gasteiger partial charge in [-0.3, -0.25) is 0 Å². The van der Waals surface area contributed by atoms with E-state index in [1.54, 1.807) is 11.3 Å². The summed E-state index contributed by atoms with van der Waals surface area (Å²) < 4.78 is 7.26. The number of hydrogen-bond donors (Lipinski definition) is 1. The molecule has 1 atom stereocenters. The molecule has 3 rings (SSSR count). The van der Waals surface area contributed by atoms with Crippen molar-refractivity contribution in [2.75, 3.05) is 6.61 Å². The molecule has 2 nitrogen and oxygen atoms in total. The van der Waals surface area contributed by atoms with Crippen molar-refractivity contribution in [3.8, 4) is 0 Å². The maximum Gasteiger partial charge on any atom is 0.104 e. The maximum absolute atomic E-state index is 10.1. The second-order valence-corrected chi connectivity index (χ2v) is 9.73. The van der Waals surface area contributed by atoms with Gasteiger partial charge in [0.05, 0.1) is 10.4 Å². The van der Waals surface area contributed by atoms with Crippen LogP contribution in [0.3, 0.4) is 0 Å². The smallest absolute Gasteiger partial charge is 0.104 e.